The van der Waals surface area contributed by atoms with Crippen molar-refractivity contribution >= 4 is 27.5 Å². The molecule has 0 saturated heterocycles. The Bertz CT molecular complexity index is 270. The van der Waals surface area contributed by atoms with Crippen molar-refractivity contribution < 1.29 is 0 Å². The van der Waals surface area contributed by atoms with E-state index in [0.29, 0.717) is 9.50 Å². The smallest absolute Gasteiger partial charge is 0.263 e. The van der Waals surface area contributed by atoms with E-state index in [0.717, 1.165) is 0 Å². The Morgan fingerprint density at radius 3 is 2.78 bits per heavy atom. The molecule has 0 radical (unpaired) electrons. The molecule has 0 aliphatic heterocycles. The molecule has 0 aromatic carbocycles. The van der Waals surface area contributed by atoms with Gasteiger partial charge in [0.1, 0.15) is 4.47 Å². The van der Waals surface area contributed by atoms with Crippen molar-refractivity contribution in [2.75, 3.05) is 0 Å². The van der Waals surface area contributed by atoms with E-state index < -0.39 is 0 Å². The van der Waals surface area contributed by atoms with Gasteiger partial charge in [-0.25, -0.2) is 0 Å². The highest BCUT2D eigenvalue weighted by Crippen LogP contribution is 2.15. The summed E-state index contributed by atoms with van der Waals surface area (Å²) in [6, 6.07) is 1.60. The Kier molecular flexibility index (Phi) is 1.93. The van der Waals surface area contributed by atoms with Crippen LogP contribution in [0.3, 0.4) is 0 Å². The fraction of sp³-hybridized carbons (Fsp3) is 0. The number of H-pyrrole nitrogens is 1. The average molecular weight is 208 g/mol. The highest BCUT2D eigenvalue weighted by Gasteiger charge is 1.97. The van der Waals surface area contributed by atoms with Gasteiger partial charge in [-0.15, -0.1) is 0 Å². The van der Waals surface area contributed by atoms with E-state index in [9.17, 15) is 4.79 Å². The molecule has 1 rings (SSSR count). The molecule has 1 heterocycles. The largest absolute Gasteiger partial charge is 0.328 e. The van der Waals surface area contributed by atoms with Gasteiger partial charge in [-0.05, 0) is 22.0 Å². The number of aromatic amines is 1. The van der Waals surface area contributed by atoms with Crippen LogP contribution in [0, 0.1) is 0 Å². The lowest BCUT2D eigenvalue weighted by Gasteiger charge is -1.89. The van der Waals surface area contributed by atoms with Crippen LogP contribution in [0.2, 0.25) is 5.02 Å². The number of pyridine rings is 1. The van der Waals surface area contributed by atoms with Crippen molar-refractivity contribution in [3.63, 3.8) is 0 Å². The van der Waals surface area contributed by atoms with Gasteiger partial charge in [0.2, 0.25) is 0 Å². The summed E-state index contributed by atoms with van der Waals surface area (Å²) >= 11 is 8.55. The minimum absolute atomic E-state index is 0.206. The van der Waals surface area contributed by atoms with Gasteiger partial charge in [0.05, 0.1) is 5.02 Å². The van der Waals surface area contributed by atoms with Gasteiger partial charge in [0, 0.05) is 6.20 Å². The summed E-state index contributed by atoms with van der Waals surface area (Å²) in [4.78, 5) is 13.1. The number of rotatable bonds is 0. The van der Waals surface area contributed by atoms with Crippen LogP contribution in [-0.4, -0.2) is 4.98 Å². The maximum absolute atomic E-state index is 10.7. The van der Waals surface area contributed by atoms with E-state index in [-0.39, 0.29) is 5.56 Å². The second kappa shape index (κ2) is 2.54. The summed E-state index contributed by atoms with van der Waals surface area (Å²) in [6.45, 7) is 0. The van der Waals surface area contributed by atoms with Crippen LogP contribution < -0.4 is 5.56 Å². The average Bonchev–Trinajstić information content (AvgIpc) is 1.83. The highest BCUT2D eigenvalue weighted by atomic mass is 79.9. The molecule has 0 saturated carbocycles. The van der Waals surface area contributed by atoms with E-state index in [4.69, 9.17) is 11.6 Å². The number of hydrogen-bond acceptors (Lipinski definition) is 1. The van der Waals surface area contributed by atoms with Crippen LogP contribution >= 0.6 is 27.5 Å². The fourth-order valence-electron chi connectivity index (χ4n) is 0.436. The molecule has 0 spiro atoms. The van der Waals surface area contributed by atoms with Crippen molar-refractivity contribution in [1.29, 1.82) is 0 Å². The lowest BCUT2D eigenvalue weighted by molar-refractivity contribution is 1.22. The molecule has 0 amide bonds. The first-order chi connectivity index (χ1) is 4.22. The van der Waals surface area contributed by atoms with Gasteiger partial charge in [0.25, 0.3) is 5.56 Å². The van der Waals surface area contributed by atoms with E-state index in [1.165, 1.54) is 6.20 Å². The van der Waals surface area contributed by atoms with Gasteiger partial charge >= 0.3 is 0 Å². The Morgan fingerprint density at radius 1 is 1.67 bits per heavy atom. The second-order valence-electron chi connectivity index (χ2n) is 1.47. The summed E-state index contributed by atoms with van der Waals surface area (Å²) in [5, 5.41) is 0.429. The summed E-state index contributed by atoms with van der Waals surface area (Å²) in [5.74, 6) is 0. The van der Waals surface area contributed by atoms with Crippen LogP contribution in [0.1, 0.15) is 0 Å². The molecule has 0 aliphatic carbocycles. The number of hydrogen-bond donors (Lipinski definition) is 1. The van der Waals surface area contributed by atoms with Crippen molar-refractivity contribution in [2.24, 2.45) is 0 Å². The normalized spacial score (nSPS) is 9.56. The Hall–Kier alpha value is -0.280. The first-order valence-corrected chi connectivity index (χ1v) is 3.41. The van der Waals surface area contributed by atoms with Crippen LogP contribution in [-0.2, 0) is 0 Å². The van der Waals surface area contributed by atoms with E-state index in [2.05, 4.69) is 20.9 Å². The van der Waals surface area contributed by atoms with Gasteiger partial charge in [-0.3, -0.25) is 4.79 Å². The van der Waals surface area contributed by atoms with Crippen molar-refractivity contribution in [3.8, 4) is 0 Å². The first kappa shape index (κ1) is 6.83. The molecular weight excluding hydrogens is 205 g/mol. The Morgan fingerprint density at radius 2 is 2.33 bits per heavy atom. The summed E-state index contributed by atoms with van der Waals surface area (Å²) in [7, 11) is 0. The maximum atomic E-state index is 10.7. The van der Waals surface area contributed by atoms with Gasteiger partial charge in [-0.2, -0.15) is 0 Å². The lowest BCUT2D eigenvalue weighted by Crippen LogP contribution is -2.04. The third-order valence-corrected chi connectivity index (χ3v) is 2.18. The first-order valence-electron chi connectivity index (χ1n) is 2.24. The molecule has 0 unspecified atom stereocenters. The summed E-state index contributed by atoms with van der Waals surface area (Å²) < 4.78 is 0.381. The van der Waals surface area contributed by atoms with Crippen LogP contribution in [0.4, 0.5) is 0 Å². The standard InChI is InChI=1S/C5H3BrClNO/c6-4-3(7)1-2-8-5(4)9/h1-2H,(H,8,9). The topological polar surface area (TPSA) is 32.9 Å². The van der Waals surface area contributed by atoms with Gasteiger partial charge in [-0.1, -0.05) is 11.6 Å². The number of aromatic nitrogens is 1. The summed E-state index contributed by atoms with van der Waals surface area (Å²) in [6.07, 6.45) is 1.50. The van der Waals surface area contributed by atoms with E-state index in [1.54, 1.807) is 6.07 Å². The zero-order chi connectivity index (χ0) is 6.85. The second-order valence-corrected chi connectivity index (χ2v) is 2.67. The van der Waals surface area contributed by atoms with E-state index in [1.807, 2.05) is 0 Å². The number of halogens is 2. The SMILES string of the molecule is O=c1[nH]ccc(Cl)c1Br. The Balaban J connectivity index is 3.43. The molecule has 4 heteroatoms. The predicted octanol–water partition coefficient (Wildman–Crippen LogP) is 1.79. The predicted molar refractivity (Wildman–Crippen MR) is 39.8 cm³/mol. The molecule has 2 nitrogen and oxygen atoms in total. The van der Waals surface area contributed by atoms with E-state index >= 15 is 0 Å². The molecule has 0 aliphatic rings. The lowest BCUT2D eigenvalue weighted by atomic mass is 10.5. The molecular formula is C5H3BrClNO. The fourth-order valence-corrected chi connectivity index (χ4v) is 0.831. The van der Waals surface area contributed by atoms with Crippen molar-refractivity contribution in [3.05, 3.63) is 32.1 Å². The van der Waals surface area contributed by atoms with Crippen LogP contribution in [0.25, 0.3) is 0 Å². The molecule has 1 N–H and O–H groups in total. The third-order valence-electron chi connectivity index (χ3n) is 0.853. The van der Waals surface area contributed by atoms with Crippen LogP contribution in [0.15, 0.2) is 21.5 Å². The Labute approximate surface area is 65.0 Å². The molecule has 9 heavy (non-hydrogen) atoms. The molecule has 1 aromatic rings. The minimum atomic E-state index is -0.206. The molecule has 0 fully saturated rings. The zero-order valence-corrected chi connectivity index (χ0v) is 6.66. The van der Waals surface area contributed by atoms with Crippen molar-refractivity contribution in [1.82, 2.24) is 4.98 Å². The highest BCUT2D eigenvalue weighted by molar-refractivity contribution is 9.10. The molecule has 48 valence electrons. The minimum Gasteiger partial charge on any atom is -0.328 e. The maximum Gasteiger partial charge on any atom is 0.263 e. The molecule has 0 atom stereocenters. The molecule has 1 aromatic heterocycles. The molecule has 0 bridgehead atoms. The zero-order valence-electron chi connectivity index (χ0n) is 4.32. The third kappa shape index (κ3) is 1.34. The van der Waals surface area contributed by atoms with Crippen molar-refractivity contribution in [2.45, 2.75) is 0 Å². The monoisotopic (exact) mass is 207 g/mol. The van der Waals surface area contributed by atoms with Gasteiger partial charge < -0.3 is 4.98 Å². The summed E-state index contributed by atoms with van der Waals surface area (Å²) in [5.41, 5.74) is -0.206. The number of nitrogens with one attached hydrogen (secondary N) is 1. The van der Waals surface area contributed by atoms with Gasteiger partial charge in [0.15, 0.2) is 0 Å². The van der Waals surface area contributed by atoms with Crippen LogP contribution in [0.5, 0.6) is 0 Å². The quantitative estimate of drug-likeness (QED) is 0.693.